The fraction of sp³-hybridized carbons (Fsp3) is 0.750. The number of hydrogen-bond donors (Lipinski definition) is 1. The van der Waals surface area contributed by atoms with E-state index in [0.717, 1.165) is 35.3 Å². The van der Waals surface area contributed by atoms with Crippen molar-refractivity contribution in [2.24, 2.45) is 24.8 Å². The van der Waals surface area contributed by atoms with Crippen LogP contribution in [0.2, 0.25) is 0 Å². The Hall–Kier alpha value is -1.32. The molecule has 2 aliphatic rings. The normalized spacial score (nSPS) is 28.1. The quantitative estimate of drug-likeness (QED) is 0.918. The van der Waals surface area contributed by atoms with Gasteiger partial charge in [-0.15, -0.1) is 0 Å². The molecule has 2 bridgehead atoms. The monoisotopic (exact) mass is 275 g/mol. The minimum Gasteiger partial charge on any atom is -0.311 e. The number of carbonyl (C=O) groups is 1. The van der Waals surface area contributed by atoms with Crippen molar-refractivity contribution in [1.82, 2.24) is 9.78 Å². The molecule has 0 saturated heterocycles. The van der Waals surface area contributed by atoms with Gasteiger partial charge >= 0.3 is 0 Å². The third kappa shape index (κ3) is 2.36. The van der Waals surface area contributed by atoms with Crippen molar-refractivity contribution in [3.63, 3.8) is 0 Å². The van der Waals surface area contributed by atoms with Gasteiger partial charge in [0, 0.05) is 19.0 Å². The molecule has 1 aromatic rings. The zero-order valence-corrected chi connectivity index (χ0v) is 12.8. The highest BCUT2D eigenvalue weighted by molar-refractivity contribution is 5.91. The van der Waals surface area contributed by atoms with Crippen molar-refractivity contribution in [2.45, 2.75) is 52.4 Å². The van der Waals surface area contributed by atoms with Crippen LogP contribution in [0.4, 0.5) is 5.82 Å². The van der Waals surface area contributed by atoms with Gasteiger partial charge in [0.1, 0.15) is 5.82 Å². The molecule has 0 spiro atoms. The lowest BCUT2D eigenvalue weighted by atomic mass is 9.86. The standard InChI is InChI=1S/C16H25N3O/c1-4-14-10(2)18-19(3)16(14)17-15(20)9-13-8-11-5-6-12(13)7-11/h11-13H,4-9H2,1-3H3,(H,17,20)/t11-,12-,13+/m0/s1. The van der Waals surface area contributed by atoms with Crippen molar-refractivity contribution < 1.29 is 4.79 Å². The number of nitrogens with one attached hydrogen (secondary N) is 1. The minimum atomic E-state index is 0.167. The van der Waals surface area contributed by atoms with E-state index in [0.29, 0.717) is 12.3 Å². The SMILES string of the molecule is CCc1c(C)nn(C)c1NC(=O)C[C@H]1C[C@H]2CC[C@H]1C2. The summed E-state index contributed by atoms with van der Waals surface area (Å²) in [7, 11) is 1.90. The summed E-state index contributed by atoms with van der Waals surface area (Å²) in [6, 6.07) is 0. The van der Waals surface area contributed by atoms with Crippen LogP contribution in [-0.2, 0) is 18.3 Å². The average Bonchev–Trinajstić information content (AvgIpc) is 3.05. The number of aryl methyl sites for hydroxylation is 2. The number of rotatable bonds is 4. The maximum atomic E-state index is 12.3. The first-order chi connectivity index (χ1) is 9.58. The van der Waals surface area contributed by atoms with Crippen LogP contribution in [-0.4, -0.2) is 15.7 Å². The maximum Gasteiger partial charge on any atom is 0.225 e. The predicted octanol–water partition coefficient (Wildman–Crippen LogP) is 3.06. The van der Waals surface area contributed by atoms with Crippen LogP contribution in [0, 0.1) is 24.7 Å². The summed E-state index contributed by atoms with van der Waals surface area (Å²) < 4.78 is 1.80. The minimum absolute atomic E-state index is 0.167. The first kappa shape index (κ1) is 13.7. The third-order valence-electron chi connectivity index (χ3n) is 5.29. The molecule has 2 aliphatic carbocycles. The summed E-state index contributed by atoms with van der Waals surface area (Å²) >= 11 is 0. The van der Waals surface area contributed by atoms with E-state index in [4.69, 9.17) is 0 Å². The molecule has 0 aliphatic heterocycles. The molecule has 4 heteroatoms. The third-order valence-corrected chi connectivity index (χ3v) is 5.29. The zero-order chi connectivity index (χ0) is 14.3. The van der Waals surface area contributed by atoms with Crippen LogP contribution in [0.25, 0.3) is 0 Å². The van der Waals surface area contributed by atoms with Crippen LogP contribution < -0.4 is 5.32 Å². The van der Waals surface area contributed by atoms with Gasteiger partial charge in [0.2, 0.25) is 5.91 Å². The summed E-state index contributed by atoms with van der Waals surface area (Å²) in [6.07, 6.45) is 6.96. The first-order valence-corrected chi connectivity index (χ1v) is 7.90. The van der Waals surface area contributed by atoms with E-state index in [2.05, 4.69) is 17.3 Å². The molecule has 1 N–H and O–H groups in total. The molecule has 0 unspecified atom stereocenters. The molecular weight excluding hydrogens is 250 g/mol. The summed E-state index contributed by atoms with van der Waals surface area (Å²) in [4.78, 5) is 12.3. The Labute approximate surface area is 120 Å². The Kier molecular flexibility index (Phi) is 3.57. The molecular formula is C16H25N3O. The molecule has 1 amide bonds. The molecule has 2 fully saturated rings. The van der Waals surface area contributed by atoms with Crippen LogP contribution in [0.3, 0.4) is 0 Å². The number of aromatic nitrogens is 2. The van der Waals surface area contributed by atoms with Crippen molar-refractivity contribution in [3.8, 4) is 0 Å². The smallest absolute Gasteiger partial charge is 0.225 e. The summed E-state index contributed by atoms with van der Waals surface area (Å²) in [6.45, 7) is 4.11. The fourth-order valence-corrected chi connectivity index (χ4v) is 4.33. The highest BCUT2D eigenvalue weighted by Crippen LogP contribution is 2.49. The molecule has 1 heterocycles. The summed E-state index contributed by atoms with van der Waals surface area (Å²) in [5.41, 5.74) is 2.18. The van der Waals surface area contributed by atoms with Gasteiger partial charge in [-0.05, 0) is 50.4 Å². The van der Waals surface area contributed by atoms with E-state index in [9.17, 15) is 4.79 Å². The van der Waals surface area contributed by atoms with Gasteiger partial charge in [-0.3, -0.25) is 9.48 Å². The Bertz CT molecular complexity index is 520. The largest absolute Gasteiger partial charge is 0.311 e. The van der Waals surface area contributed by atoms with Gasteiger partial charge in [-0.2, -0.15) is 5.10 Å². The lowest BCUT2D eigenvalue weighted by Gasteiger charge is -2.21. The number of nitrogens with zero attached hydrogens (tertiary/aromatic N) is 2. The van der Waals surface area contributed by atoms with E-state index >= 15 is 0 Å². The van der Waals surface area contributed by atoms with Crippen LogP contribution in [0.15, 0.2) is 0 Å². The predicted molar refractivity (Wildman–Crippen MR) is 79.5 cm³/mol. The Morgan fingerprint density at radius 1 is 1.40 bits per heavy atom. The summed E-state index contributed by atoms with van der Waals surface area (Å²) in [5.74, 6) is 3.39. The molecule has 2 saturated carbocycles. The van der Waals surface area contributed by atoms with Gasteiger partial charge in [-0.1, -0.05) is 13.3 Å². The van der Waals surface area contributed by atoms with Crippen molar-refractivity contribution in [1.29, 1.82) is 0 Å². The molecule has 0 radical (unpaired) electrons. The van der Waals surface area contributed by atoms with Crippen LogP contribution in [0.1, 0.15) is 50.3 Å². The number of fused-ring (bicyclic) bond motifs is 2. The fourth-order valence-electron chi connectivity index (χ4n) is 4.33. The molecule has 110 valence electrons. The van der Waals surface area contributed by atoms with Gasteiger partial charge in [-0.25, -0.2) is 0 Å². The van der Waals surface area contributed by atoms with E-state index < -0.39 is 0 Å². The van der Waals surface area contributed by atoms with E-state index in [1.807, 2.05) is 14.0 Å². The number of hydrogen-bond acceptors (Lipinski definition) is 2. The van der Waals surface area contributed by atoms with Crippen molar-refractivity contribution in [2.75, 3.05) is 5.32 Å². The summed E-state index contributed by atoms with van der Waals surface area (Å²) in [5, 5.41) is 7.51. The van der Waals surface area contributed by atoms with Gasteiger partial charge in [0.05, 0.1) is 5.69 Å². The van der Waals surface area contributed by atoms with Crippen LogP contribution in [0.5, 0.6) is 0 Å². The topological polar surface area (TPSA) is 46.9 Å². The highest BCUT2D eigenvalue weighted by atomic mass is 16.1. The van der Waals surface area contributed by atoms with Crippen LogP contribution >= 0.6 is 0 Å². The molecule has 20 heavy (non-hydrogen) atoms. The second-order valence-corrected chi connectivity index (χ2v) is 6.58. The first-order valence-electron chi connectivity index (χ1n) is 7.90. The Morgan fingerprint density at radius 2 is 2.20 bits per heavy atom. The van der Waals surface area contributed by atoms with Crippen molar-refractivity contribution >= 4 is 11.7 Å². The molecule has 3 rings (SSSR count). The Morgan fingerprint density at radius 3 is 2.80 bits per heavy atom. The molecule has 3 atom stereocenters. The Balaban J connectivity index is 1.64. The molecule has 1 aromatic heterocycles. The number of anilines is 1. The lowest BCUT2D eigenvalue weighted by Crippen LogP contribution is -2.21. The van der Waals surface area contributed by atoms with Gasteiger partial charge < -0.3 is 5.32 Å². The van der Waals surface area contributed by atoms with Gasteiger partial charge in [0.25, 0.3) is 0 Å². The zero-order valence-electron chi connectivity index (χ0n) is 12.8. The maximum absolute atomic E-state index is 12.3. The average molecular weight is 275 g/mol. The van der Waals surface area contributed by atoms with E-state index in [1.54, 1.807) is 4.68 Å². The number of carbonyl (C=O) groups excluding carboxylic acids is 1. The van der Waals surface area contributed by atoms with Crippen molar-refractivity contribution in [3.05, 3.63) is 11.3 Å². The molecule has 0 aromatic carbocycles. The second kappa shape index (κ2) is 5.23. The van der Waals surface area contributed by atoms with Gasteiger partial charge in [0.15, 0.2) is 0 Å². The molecule has 4 nitrogen and oxygen atoms in total. The van der Waals surface area contributed by atoms with E-state index in [-0.39, 0.29) is 5.91 Å². The highest BCUT2D eigenvalue weighted by Gasteiger charge is 2.40. The second-order valence-electron chi connectivity index (χ2n) is 6.58. The lowest BCUT2D eigenvalue weighted by molar-refractivity contribution is -0.117. The van der Waals surface area contributed by atoms with E-state index in [1.165, 1.54) is 25.7 Å². The number of amides is 1.